The zero-order chi connectivity index (χ0) is 17.5. The number of carbonyl (C=O) groups excluding carboxylic acids is 2. The first-order valence-electron chi connectivity index (χ1n) is 7.16. The molecule has 7 heteroatoms. The molecule has 0 N–H and O–H groups in total. The van der Waals surface area contributed by atoms with Crippen LogP contribution in [0.1, 0.15) is 46.9 Å². The fourth-order valence-corrected chi connectivity index (χ4v) is 1.88. The third-order valence-electron chi connectivity index (χ3n) is 3.27. The van der Waals surface area contributed by atoms with Crippen molar-refractivity contribution in [2.45, 2.75) is 32.1 Å². The number of methoxy groups -OCH3 is 2. The highest BCUT2D eigenvalue weighted by Crippen LogP contribution is 2.24. The van der Waals surface area contributed by atoms with Crippen molar-refractivity contribution < 1.29 is 32.6 Å². The minimum Gasteiger partial charge on any atom is -0.494 e. The zero-order valence-electron chi connectivity index (χ0n) is 13.4. The summed E-state index contributed by atoms with van der Waals surface area (Å²) in [6.07, 6.45) is -0.311. The van der Waals surface area contributed by atoms with E-state index in [-0.39, 0.29) is 42.7 Å². The molecule has 0 radical (unpaired) electrons. The Balaban J connectivity index is 2.78. The lowest BCUT2D eigenvalue weighted by atomic mass is 10.1. The van der Waals surface area contributed by atoms with Crippen LogP contribution in [-0.2, 0) is 9.47 Å². The second-order valence-corrected chi connectivity index (χ2v) is 4.85. The number of benzene rings is 1. The van der Waals surface area contributed by atoms with Gasteiger partial charge in [0.1, 0.15) is 5.75 Å². The molecule has 5 nitrogen and oxygen atoms in total. The van der Waals surface area contributed by atoms with Crippen molar-refractivity contribution in [2.24, 2.45) is 0 Å². The Morgan fingerprint density at radius 2 is 1.70 bits per heavy atom. The van der Waals surface area contributed by atoms with Gasteiger partial charge in [-0.05, 0) is 24.6 Å². The van der Waals surface area contributed by atoms with Gasteiger partial charge in [0.05, 0.1) is 32.0 Å². The number of rotatable bonds is 8. The zero-order valence-corrected chi connectivity index (χ0v) is 13.4. The van der Waals surface area contributed by atoms with Crippen molar-refractivity contribution in [2.75, 3.05) is 20.8 Å². The van der Waals surface area contributed by atoms with Gasteiger partial charge in [-0.1, -0.05) is 6.92 Å². The molecule has 0 saturated carbocycles. The highest BCUT2D eigenvalue weighted by Gasteiger charge is 2.25. The molecule has 0 aliphatic carbocycles. The molecule has 0 unspecified atom stereocenters. The van der Waals surface area contributed by atoms with Crippen molar-refractivity contribution in [3.05, 3.63) is 29.3 Å². The first-order chi connectivity index (χ1) is 10.8. The lowest BCUT2D eigenvalue weighted by Crippen LogP contribution is -2.15. The Bertz CT molecular complexity index is 557. The largest absolute Gasteiger partial charge is 0.494 e. The molecule has 1 aromatic carbocycles. The molecule has 0 aliphatic heterocycles. The predicted molar refractivity (Wildman–Crippen MR) is 79.1 cm³/mol. The van der Waals surface area contributed by atoms with Crippen LogP contribution in [0.4, 0.5) is 8.78 Å². The van der Waals surface area contributed by atoms with Crippen molar-refractivity contribution >= 4 is 11.9 Å². The van der Waals surface area contributed by atoms with Crippen LogP contribution in [0, 0.1) is 0 Å². The van der Waals surface area contributed by atoms with E-state index >= 15 is 0 Å². The number of carbonyl (C=O) groups is 2. The Morgan fingerprint density at radius 3 is 2.26 bits per heavy atom. The summed E-state index contributed by atoms with van der Waals surface area (Å²) in [7, 11) is 2.38. The van der Waals surface area contributed by atoms with Crippen LogP contribution in [0.15, 0.2) is 18.2 Å². The summed E-state index contributed by atoms with van der Waals surface area (Å²) in [4.78, 5) is 23.3. The topological polar surface area (TPSA) is 61.8 Å². The molecule has 0 bridgehead atoms. The second-order valence-electron chi connectivity index (χ2n) is 4.85. The lowest BCUT2D eigenvalue weighted by Gasteiger charge is -2.14. The SMILES string of the molecule is CCC(F)(F)CCCOc1ccc(C(=O)OC)c(C(=O)OC)c1. The van der Waals surface area contributed by atoms with Gasteiger partial charge in [0.15, 0.2) is 0 Å². The van der Waals surface area contributed by atoms with Crippen molar-refractivity contribution in [1.82, 2.24) is 0 Å². The monoisotopic (exact) mass is 330 g/mol. The van der Waals surface area contributed by atoms with Gasteiger partial charge in [0.2, 0.25) is 5.92 Å². The molecule has 0 spiro atoms. The highest BCUT2D eigenvalue weighted by atomic mass is 19.3. The van der Waals surface area contributed by atoms with Gasteiger partial charge in [-0.2, -0.15) is 0 Å². The van der Waals surface area contributed by atoms with Gasteiger partial charge in [-0.25, -0.2) is 18.4 Å². The Kier molecular flexibility index (Phi) is 6.93. The normalized spacial score (nSPS) is 11.0. The van der Waals surface area contributed by atoms with E-state index in [0.717, 1.165) is 0 Å². The van der Waals surface area contributed by atoms with Crippen LogP contribution in [0.5, 0.6) is 5.75 Å². The first kappa shape index (κ1) is 18.9. The van der Waals surface area contributed by atoms with E-state index in [1.165, 1.54) is 39.3 Å². The van der Waals surface area contributed by atoms with Crippen LogP contribution in [0.25, 0.3) is 0 Å². The van der Waals surface area contributed by atoms with Gasteiger partial charge in [-0.3, -0.25) is 0 Å². The summed E-state index contributed by atoms with van der Waals surface area (Å²) >= 11 is 0. The van der Waals surface area contributed by atoms with Crippen LogP contribution in [0.3, 0.4) is 0 Å². The molecular formula is C16H20F2O5. The minimum absolute atomic E-state index is 0.00395. The molecule has 1 rings (SSSR count). The summed E-state index contributed by atoms with van der Waals surface area (Å²) in [6.45, 7) is 1.50. The third-order valence-corrected chi connectivity index (χ3v) is 3.27. The van der Waals surface area contributed by atoms with Gasteiger partial charge < -0.3 is 14.2 Å². The number of esters is 2. The molecule has 0 fully saturated rings. The van der Waals surface area contributed by atoms with Gasteiger partial charge in [0.25, 0.3) is 0 Å². The van der Waals surface area contributed by atoms with E-state index in [0.29, 0.717) is 0 Å². The summed E-state index contributed by atoms with van der Waals surface area (Å²) in [6, 6.07) is 4.17. The Morgan fingerprint density at radius 1 is 1.09 bits per heavy atom. The molecule has 0 aliphatic rings. The van der Waals surface area contributed by atoms with E-state index in [2.05, 4.69) is 9.47 Å². The number of hydrogen-bond donors (Lipinski definition) is 0. The van der Waals surface area contributed by atoms with E-state index < -0.39 is 17.9 Å². The average Bonchev–Trinajstić information content (AvgIpc) is 2.57. The minimum atomic E-state index is -2.70. The maximum absolute atomic E-state index is 13.1. The van der Waals surface area contributed by atoms with Gasteiger partial charge in [-0.15, -0.1) is 0 Å². The van der Waals surface area contributed by atoms with Crippen molar-refractivity contribution in [3.8, 4) is 5.75 Å². The Hall–Kier alpha value is -2.18. The quantitative estimate of drug-likeness (QED) is 0.539. The van der Waals surface area contributed by atoms with E-state index in [4.69, 9.17) is 4.74 Å². The van der Waals surface area contributed by atoms with E-state index in [1.54, 1.807) is 0 Å². The first-order valence-corrected chi connectivity index (χ1v) is 7.16. The fourth-order valence-electron chi connectivity index (χ4n) is 1.88. The molecule has 128 valence electrons. The molecular weight excluding hydrogens is 310 g/mol. The number of hydrogen-bond acceptors (Lipinski definition) is 5. The van der Waals surface area contributed by atoms with Crippen LogP contribution >= 0.6 is 0 Å². The van der Waals surface area contributed by atoms with Crippen molar-refractivity contribution in [3.63, 3.8) is 0 Å². The average molecular weight is 330 g/mol. The van der Waals surface area contributed by atoms with Crippen LogP contribution < -0.4 is 4.74 Å². The number of ether oxygens (including phenoxy) is 3. The third kappa shape index (κ3) is 5.50. The molecule has 0 heterocycles. The summed E-state index contributed by atoms with van der Waals surface area (Å²) < 4.78 is 40.8. The lowest BCUT2D eigenvalue weighted by molar-refractivity contribution is -0.0159. The predicted octanol–water partition coefficient (Wildman–Crippen LogP) is 3.46. The smallest absolute Gasteiger partial charge is 0.338 e. The Labute approximate surface area is 133 Å². The molecule has 0 aromatic heterocycles. The standard InChI is InChI=1S/C16H20F2O5/c1-4-16(17,18)8-5-9-23-11-6-7-12(14(19)21-2)13(10-11)15(20)22-3/h6-7,10H,4-5,8-9H2,1-3H3. The molecule has 23 heavy (non-hydrogen) atoms. The number of halogens is 2. The maximum Gasteiger partial charge on any atom is 0.338 e. The summed E-state index contributed by atoms with van der Waals surface area (Å²) in [5.41, 5.74) is 0.0416. The molecule has 0 atom stereocenters. The van der Waals surface area contributed by atoms with Crippen LogP contribution in [0.2, 0.25) is 0 Å². The second kappa shape index (κ2) is 8.45. The van der Waals surface area contributed by atoms with Crippen molar-refractivity contribution in [1.29, 1.82) is 0 Å². The number of alkyl halides is 2. The van der Waals surface area contributed by atoms with E-state index in [9.17, 15) is 18.4 Å². The van der Waals surface area contributed by atoms with Crippen LogP contribution in [-0.4, -0.2) is 38.7 Å². The summed E-state index contributed by atoms with van der Waals surface area (Å²) in [5, 5.41) is 0. The van der Waals surface area contributed by atoms with Gasteiger partial charge in [0, 0.05) is 12.8 Å². The van der Waals surface area contributed by atoms with Gasteiger partial charge >= 0.3 is 11.9 Å². The van der Waals surface area contributed by atoms with E-state index in [1.807, 2.05) is 0 Å². The molecule has 0 saturated heterocycles. The molecule has 0 amide bonds. The maximum atomic E-state index is 13.1. The summed E-state index contributed by atoms with van der Waals surface area (Å²) in [5.74, 6) is -3.80. The molecule has 1 aromatic rings. The fraction of sp³-hybridized carbons (Fsp3) is 0.500. The highest BCUT2D eigenvalue weighted by molar-refractivity contribution is 6.03.